The molecule has 0 atom stereocenters. The van der Waals surface area contributed by atoms with Gasteiger partial charge in [-0.05, 0) is 30.3 Å². The second kappa shape index (κ2) is 6.12. The van der Waals surface area contributed by atoms with E-state index in [2.05, 4.69) is 10.5 Å². The molecule has 0 spiro atoms. The molecule has 0 unspecified atom stereocenters. The summed E-state index contributed by atoms with van der Waals surface area (Å²) in [6, 6.07) is 9.99. The van der Waals surface area contributed by atoms with Crippen molar-refractivity contribution >= 4 is 29.2 Å². The third-order valence-electron chi connectivity index (χ3n) is 2.42. The molecule has 2 rings (SSSR count). The zero-order chi connectivity index (χ0) is 14.5. The van der Waals surface area contributed by atoms with Crippen molar-refractivity contribution in [3.63, 3.8) is 0 Å². The lowest BCUT2D eigenvalue weighted by Gasteiger charge is -2.00. The Morgan fingerprint density at radius 1 is 1.25 bits per heavy atom. The molecular weight excluding hydrogens is 285 g/mol. The standard InChI is InChI=1S/C13H9ClFN3O2/c14-12-6-1-9(7-13(12)18(19)20)8-16-17-11-4-2-10(15)3-5-11/h1-8,17H/b16-8+. The second-order valence-corrected chi connectivity index (χ2v) is 4.25. The molecule has 102 valence electrons. The molecule has 0 radical (unpaired) electrons. The van der Waals surface area contributed by atoms with Crippen LogP contribution < -0.4 is 5.43 Å². The van der Waals surface area contributed by atoms with Crippen LogP contribution in [0, 0.1) is 15.9 Å². The summed E-state index contributed by atoms with van der Waals surface area (Å²) in [4.78, 5) is 10.2. The van der Waals surface area contributed by atoms with Crippen LogP contribution in [0.4, 0.5) is 15.8 Å². The van der Waals surface area contributed by atoms with Crippen LogP contribution in [0.1, 0.15) is 5.56 Å². The Balaban J connectivity index is 2.10. The third-order valence-corrected chi connectivity index (χ3v) is 2.74. The predicted octanol–water partition coefficient (Wildman–Crippen LogP) is 3.83. The summed E-state index contributed by atoms with van der Waals surface area (Å²) in [5, 5.41) is 14.7. The van der Waals surface area contributed by atoms with E-state index in [1.807, 2.05) is 0 Å². The molecule has 0 fully saturated rings. The number of nitrogens with zero attached hydrogens (tertiary/aromatic N) is 2. The molecule has 0 bridgehead atoms. The van der Waals surface area contributed by atoms with E-state index in [1.54, 1.807) is 6.07 Å². The van der Waals surface area contributed by atoms with Gasteiger partial charge in [0.2, 0.25) is 0 Å². The van der Waals surface area contributed by atoms with Crippen molar-refractivity contribution in [2.24, 2.45) is 5.10 Å². The first kappa shape index (κ1) is 14.0. The highest BCUT2D eigenvalue weighted by molar-refractivity contribution is 6.32. The van der Waals surface area contributed by atoms with E-state index in [0.29, 0.717) is 11.3 Å². The van der Waals surface area contributed by atoms with E-state index in [4.69, 9.17) is 11.6 Å². The smallest absolute Gasteiger partial charge is 0.279 e. The molecular formula is C13H9ClFN3O2. The van der Waals surface area contributed by atoms with Crippen molar-refractivity contribution in [2.45, 2.75) is 0 Å². The van der Waals surface area contributed by atoms with E-state index in [9.17, 15) is 14.5 Å². The SMILES string of the molecule is O=[N+]([O-])c1cc(/C=N/Nc2ccc(F)cc2)ccc1Cl. The predicted molar refractivity (Wildman–Crippen MR) is 75.7 cm³/mol. The van der Waals surface area contributed by atoms with E-state index < -0.39 is 4.92 Å². The van der Waals surface area contributed by atoms with Gasteiger partial charge in [0, 0.05) is 11.6 Å². The summed E-state index contributed by atoms with van der Waals surface area (Å²) in [5.74, 6) is -0.340. The molecule has 5 nitrogen and oxygen atoms in total. The zero-order valence-electron chi connectivity index (χ0n) is 10.1. The fourth-order valence-electron chi connectivity index (χ4n) is 1.46. The maximum absolute atomic E-state index is 12.7. The van der Waals surface area contributed by atoms with Gasteiger partial charge in [-0.15, -0.1) is 0 Å². The van der Waals surface area contributed by atoms with Crippen LogP contribution in [0.25, 0.3) is 0 Å². The van der Waals surface area contributed by atoms with Crippen LogP contribution in [0.15, 0.2) is 47.6 Å². The number of nitrogens with one attached hydrogen (secondary N) is 1. The van der Waals surface area contributed by atoms with E-state index in [-0.39, 0.29) is 16.5 Å². The molecule has 0 amide bonds. The van der Waals surface area contributed by atoms with Gasteiger partial charge in [0.1, 0.15) is 10.8 Å². The Kier molecular flexibility index (Phi) is 4.27. The van der Waals surface area contributed by atoms with Crippen molar-refractivity contribution in [1.82, 2.24) is 0 Å². The van der Waals surface area contributed by atoms with Crippen LogP contribution in [0.5, 0.6) is 0 Å². The molecule has 0 saturated carbocycles. The number of rotatable bonds is 4. The Labute approximate surface area is 118 Å². The van der Waals surface area contributed by atoms with Crippen LogP contribution in [-0.2, 0) is 0 Å². The first-order chi connectivity index (χ1) is 9.56. The molecule has 1 N–H and O–H groups in total. The largest absolute Gasteiger partial charge is 0.288 e. The third kappa shape index (κ3) is 3.52. The summed E-state index contributed by atoms with van der Waals surface area (Å²) >= 11 is 5.70. The van der Waals surface area contributed by atoms with Gasteiger partial charge < -0.3 is 0 Å². The Bertz CT molecular complexity index is 659. The molecule has 0 saturated heterocycles. The minimum absolute atomic E-state index is 0.0682. The molecule has 2 aromatic carbocycles. The molecule has 0 aliphatic heterocycles. The average molecular weight is 294 g/mol. The number of nitro groups is 1. The van der Waals surface area contributed by atoms with Crippen LogP contribution in [0.2, 0.25) is 5.02 Å². The van der Waals surface area contributed by atoms with Gasteiger partial charge in [0.25, 0.3) is 5.69 Å². The van der Waals surface area contributed by atoms with Gasteiger partial charge in [-0.3, -0.25) is 15.5 Å². The number of benzene rings is 2. The lowest BCUT2D eigenvalue weighted by atomic mass is 10.2. The maximum Gasteiger partial charge on any atom is 0.288 e. The van der Waals surface area contributed by atoms with E-state index in [1.165, 1.54) is 42.6 Å². The maximum atomic E-state index is 12.7. The minimum atomic E-state index is -0.562. The van der Waals surface area contributed by atoms with Crippen molar-refractivity contribution in [2.75, 3.05) is 5.43 Å². The van der Waals surface area contributed by atoms with Crippen molar-refractivity contribution in [3.05, 3.63) is 69.0 Å². The number of halogens is 2. The van der Waals surface area contributed by atoms with Crippen molar-refractivity contribution in [1.29, 1.82) is 0 Å². The van der Waals surface area contributed by atoms with Gasteiger partial charge >= 0.3 is 0 Å². The van der Waals surface area contributed by atoms with Gasteiger partial charge in [0.05, 0.1) is 16.8 Å². The number of hydrazone groups is 1. The second-order valence-electron chi connectivity index (χ2n) is 3.84. The van der Waals surface area contributed by atoms with Gasteiger partial charge in [-0.2, -0.15) is 5.10 Å². The van der Waals surface area contributed by atoms with Crippen LogP contribution in [-0.4, -0.2) is 11.1 Å². The molecule has 2 aromatic rings. The van der Waals surface area contributed by atoms with E-state index in [0.717, 1.165) is 0 Å². The summed E-state index contributed by atoms with van der Waals surface area (Å²) in [6.07, 6.45) is 1.41. The summed E-state index contributed by atoms with van der Waals surface area (Å²) < 4.78 is 12.7. The van der Waals surface area contributed by atoms with Crippen LogP contribution >= 0.6 is 11.6 Å². The Hall–Kier alpha value is -2.47. The molecule has 7 heteroatoms. The normalized spacial score (nSPS) is 10.7. The summed E-state index contributed by atoms with van der Waals surface area (Å²) in [7, 11) is 0. The highest BCUT2D eigenvalue weighted by Gasteiger charge is 2.11. The van der Waals surface area contributed by atoms with Gasteiger partial charge in [-0.25, -0.2) is 4.39 Å². The molecule has 0 heterocycles. The topological polar surface area (TPSA) is 67.5 Å². The van der Waals surface area contributed by atoms with Crippen molar-refractivity contribution in [3.8, 4) is 0 Å². The van der Waals surface area contributed by atoms with Crippen LogP contribution in [0.3, 0.4) is 0 Å². The Morgan fingerprint density at radius 3 is 2.60 bits per heavy atom. The molecule has 0 aliphatic rings. The fraction of sp³-hybridized carbons (Fsp3) is 0. The summed E-state index contributed by atoms with van der Waals surface area (Å²) in [6.45, 7) is 0. The quantitative estimate of drug-likeness (QED) is 0.529. The molecule has 20 heavy (non-hydrogen) atoms. The highest BCUT2D eigenvalue weighted by Crippen LogP contribution is 2.24. The zero-order valence-corrected chi connectivity index (χ0v) is 10.8. The number of nitro benzene ring substituents is 1. The van der Waals surface area contributed by atoms with Gasteiger partial charge in [0.15, 0.2) is 0 Å². The highest BCUT2D eigenvalue weighted by atomic mass is 35.5. The number of anilines is 1. The lowest BCUT2D eigenvalue weighted by molar-refractivity contribution is -0.384. The first-order valence-corrected chi connectivity index (χ1v) is 5.92. The van der Waals surface area contributed by atoms with Crippen molar-refractivity contribution < 1.29 is 9.31 Å². The monoisotopic (exact) mass is 293 g/mol. The lowest BCUT2D eigenvalue weighted by Crippen LogP contribution is -1.93. The molecule has 0 aromatic heterocycles. The Morgan fingerprint density at radius 2 is 1.95 bits per heavy atom. The molecule has 0 aliphatic carbocycles. The van der Waals surface area contributed by atoms with E-state index >= 15 is 0 Å². The summed E-state index contributed by atoms with van der Waals surface area (Å²) in [5.41, 5.74) is 3.63. The average Bonchev–Trinajstić information content (AvgIpc) is 2.42. The number of hydrogen-bond donors (Lipinski definition) is 1. The first-order valence-electron chi connectivity index (χ1n) is 5.55. The number of hydrogen-bond acceptors (Lipinski definition) is 4. The fourth-order valence-corrected chi connectivity index (χ4v) is 1.64. The van der Waals surface area contributed by atoms with Gasteiger partial charge in [-0.1, -0.05) is 17.7 Å². The minimum Gasteiger partial charge on any atom is -0.279 e.